The first-order chi connectivity index (χ1) is 23.1. The Bertz CT molecular complexity index is 1180. The monoisotopic (exact) mass is 665 g/mol. The Morgan fingerprint density at radius 2 is 1.38 bits per heavy atom. The quantitative estimate of drug-likeness (QED) is 0.0527. The van der Waals surface area contributed by atoms with Crippen molar-refractivity contribution in [3.8, 4) is 5.75 Å². The molecule has 0 spiro atoms. The molecule has 2 rings (SSSR count). The Labute approximate surface area is 290 Å². The summed E-state index contributed by atoms with van der Waals surface area (Å²) in [4.78, 5) is 24.7. The maximum Gasteiger partial charge on any atom is 0.306 e. The molecule has 0 aliphatic rings. The molecule has 7 nitrogen and oxygen atoms in total. The Balaban J connectivity index is 1.58. The zero-order valence-corrected chi connectivity index (χ0v) is 30.2. The third-order valence-electron chi connectivity index (χ3n) is 8.95. The number of nitrogens with one attached hydrogen (secondary N) is 1. The predicted molar refractivity (Wildman–Crippen MR) is 195 cm³/mol. The van der Waals surface area contributed by atoms with Crippen LogP contribution in [-0.2, 0) is 16.0 Å². The number of hydrogen-bond acceptors (Lipinski definition) is 6. The summed E-state index contributed by atoms with van der Waals surface area (Å²) in [6.45, 7) is 8.23. The van der Waals surface area contributed by atoms with Crippen molar-refractivity contribution < 1.29 is 29.3 Å². The molecule has 2 atom stereocenters. The summed E-state index contributed by atoms with van der Waals surface area (Å²) in [5, 5.41) is 24.4. The third kappa shape index (κ3) is 17.8. The first-order valence-electron chi connectivity index (χ1n) is 18.4. The molecule has 0 aliphatic heterocycles. The highest BCUT2D eigenvalue weighted by Crippen LogP contribution is 2.23. The van der Waals surface area contributed by atoms with E-state index in [-0.39, 0.29) is 24.9 Å². The normalized spacial score (nSPS) is 13.2. The topological polar surface area (TPSA) is 105 Å². The molecule has 1 amide bonds. The van der Waals surface area contributed by atoms with E-state index in [0.717, 1.165) is 24.8 Å². The minimum Gasteiger partial charge on any atom is -0.490 e. The number of carbonyl (C=O) groups excluding carboxylic acids is 2. The number of amides is 1. The summed E-state index contributed by atoms with van der Waals surface area (Å²) in [7, 11) is 0. The van der Waals surface area contributed by atoms with Crippen LogP contribution in [0.2, 0.25) is 0 Å². The van der Waals surface area contributed by atoms with E-state index in [1.165, 1.54) is 64.2 Å². The van der Waals surface area contributed by atoms with Crippen molar-refractivity contribution in [2.45, 2.75) is 148 Å². The number of aliphatic hydroxyl groups is 2. The van der Waals surface area contributed by atoms with Crippen LogP contribution in [0.4, 0.5) is 0 Å². The van der Waals surface area contributed by atoms with Crippen molar-refractivity contribution >= 4 is 11.9 Å². The van der Waals surface area contributed by atoms with Crippen molar-refractivity contribution in [3.05, 3.63) is 77.4 Å². The van der Waals surface area contributed by atoms with Gasteiger partial charge in [0.05, 0.1) is 12.2 Å². The third-order valence-corrected chi connectivity index (χ3v) is 8.95. The standard InChI is InChI=1S/C41H63NO6/c1-5-6-7-8-9-10-11-12-13-14-15-16-20-23-39(45)48-41(3,4)38(44)32-37(43)33(2)29-31-47-36-26-24-34(25-27-36)28-30-42-40(46)35-21-18-17-19-22-35/h17-19,21-22,24-27,29,37-38,43-44H,5-16,20,23,28,30-32H2,1-4H3,(H,42,46)/b33-29+. The second-order valence-electron chi connectivity index (χ2n) is 13.6. The molecule has 0 bridgehead atoms. The number of hydrogen-bond donors (Lipinski definition) is 3. The number of carbonyl (C=O) groups is 2. The Morgan fingerprint density at radius 1 is 0.812 bits per heavy atom. The lowest BCUT2D eigenvalue weighted by Crippen LogP contribution is -2.42. The highest BCUT2D eigenvalue weighted by molar-refractivity contribution is 5.94. The Hall–Kier alpha value is -3.16. The lowest BCUT2D eigenvalue weighted by atomic mass is 9.93. The zero-order valence-electron chi connectivity index (χ0n) is 30.2. The van der Waals surface area contributed by atoms with Crippen molar-refractivity contribution in [3.63, 3.8) is 0 Å². The highest BCUT2D eigenvalue weighted by Gasteiger charge is 2.33. The fourth-order valence-electron chi connectivity index (χ4n) is 5.55. The van der Waals surface area contributed by atoms with Gasteiger partial charge in [-0.25, -0.2) is 0 Å². The fourth-order valence-corrected chi connectivity index (χ4v) is 5.55. The van der Waals surface area contributed by atoms with Gasteiger partial charge in [0.2, 0.25) is 0 Å². The second-order valence-corrected chi connectivity index (χ2v) is 13.6. The molecule has 0 saturated heterocycles. The molecule has 0 fully saturated rings. The van der Waals surface area contributed by atoms with Gasteiger partial charge < -0.3 is 25.0 Å². The van der Waals surface area contributed by atoms with Crippen LogP contribution >= 0.6 is 0 Å². The number of ether oxygens (including phenoxy) is 2. The molecule has 7 heteroatoms. The SMILES string of the molecule is CCCCCCCCCCCCCCCC(=O)OC(C)(C)C(O)CC(O)/C(C)=C/COc1ccc(CCNC(=O)c2ccccc2)cc1. The first kappa shape index (κ1) is 41.0. The summed E-state index contributed by atoms with van der Waals surface area (Å²) >= 11 is 0. The minimum absolute atomic E-state index is 0.0524. The van der Waals surface area contributed by atoms with E-state index in [1.54, 1.807) is 39.0 Å². The van der Waals surface area contributed by atoms with Gasteiger partial charge in [-0.2, -0.15) is 0 Å². The number of aliphatic hydroxyl groups excluding tert-OH is 2. The molecular formula is C41H63NO6. The maximum atomic E-state index is 12.5. The van der Waals surface area contributed by atoms with E-state index in [9.17, 15) is 19.8 Å². The molecule has 2 unspecified atom stereocenters. The van der Waals surface area contributed by atoms with Crippen LogP contribution in [-0.4, -0.2) is 53.1 Å². The van der Waals surface area contributed by atoms with Crippen LogP contribution in [0.15, 0.2) is 66.2 Å². The van der Waals surface area contributed by atoms with Gasteiger partial charge in [-0.3, -0.25) is 9.59 Å². The van der Waals surface area contributed by atoms with Gasteiger partial charge in [0, 0.05) is 24.9 Å². The number of benzene rings is 2. The predicted octanol–water partition coefficient (Wildman–Crippen LogP) is 8.90. The molecule has 0 saturated carbocycles. The van der Waals surface area contributed by atoms with Crippen LogP contribution in [0.1, 0.15) is 140 Å². The summed E-state index contributed by atoms with van der Waals surface area (Å²) in [5.41, 5.74) is 1.30. The van der Waals surface area contributed by atoms with Crippen LogP contribution in [0, 0.1) is 0 Å². The molecule has 3 N–H and O–H groups in total. The summed E-state index contributed by atoms with van der Waals surface area (Å²) in [6, 6.07) is 16.8. The van der Waals surface area contributed by atoms with Crippen molar-refractivity contribution in [2.75, 3.05) is 13.2 Å². The van der Waals surface area contributed by atoms with Gasteiger partial charge >= 0.3 is 5.97 Å². The number of unbranched alkanes of at least 4 members (excludes halogenated alkanes) is 12. The first-order valence-corrected chi connectivity index (χ1v) is 18.4. The molecule has 2 aromatic rings. The van der Waals surface area contributed by atoms with Crippen LogP contribution < -0.4 is 10.1 Å². The van der Waals surface area contributed by atoms with Gasteiger partial charge in [-0.1, -0.05) is 114 Å². The van der Waals surface area contributed by atoms with Gasteiger partial charge in [0.1, 0.15) is 18.0 Å². The summed E-state index contributed by atoms with van der Waals surface area (Å²) in [6.07, 6.45) is 17.2. The van der Waals surface area contributed by atoms with E-state index in [4.69, 9.17) is 9.47 Å². The molecule has 0 radical (unpaired) electrons. The lowest BCUT2D eigenvalue weighted by Gasteiger charge is -2.32. The molecule has 268 valence electrons. The average Bonchev–Trinajstić information content (AvgIpc) is 3.07. The van der Waals surface area contributed by atoms with E-state index in [1.807, 2.05) is 42.5 Å². The molecule has 48 heavy (non-hydrogen) atoms. The summed E-state index contributed by atoms with van der Waals surface area (Å²) < 4.78 is 11.4. The van der Waals surface area contributed by atoms with Crippen LogP contribution in [0.5, 0.6) is 5.75 Å². The average molecular weight is 666 g/mol. The van der Waals surface area contributed by atoms with Crippen molar-refractivity contribution in [1.29, 1.82) is 0 Å². The molecule has 0 heterocycles. The highest BCUT2D eigenvalue weighted by atomic mass is 16.6. The van der Waals surface area contributed by atoms with Gasteiger partial charge in [-0.05, 0) is 75.1 Å². The molecule has 0 aromatic heterocycles. The second kappa shape index (κ2) is 24.0. The van der Waals surface area contributed by atoms with E-state index in [0.29, 0.717) is 36.3 Å². The van der Waals surface area contributed by atoms with Crippen molar-refractivity contribution in [2.24, 2.45) is 0 Å². The maximum absolute atomic E-state index is 12.5. The van der Waals surface area contributed by atoms with E-state index in [2.05, 4.69) is 12.2 Å². The smallest absolute Gasteiger partial charge is 0.306 e. The summed E-state index contributed by atoms with van der Waals surface area (Å²) in [5.74, 6) is 0.305. The molecule has 0 aliphatic carbocycles. The molecule has 2 aromatic carbocycles. The van der Waals surface area contributed by atoms with Crippen LogP contribution in [0.3, 0.4) is 0 Å². The van der Waals surface area contributed by atoms with Crippen molar-refractivity contribution in [1.82, 2.24) is 5.32 Å². The lowest BCUT2D eigenvalue weighted by molar-refractivity contribution is -0.169. The Kier molecular flexibility index (Phi) is 20.5. The number of rotatable bonds is 26. The van der Waals surface area contributed by atoms with E-state index >= 15 is 0 Å². The van der Waals surface area contributed by atoms with E-state index < -0.39 is 17.8 Å². The largest absolute Gasteiger partial charge is 0.490 e. The van der Waals surface area contributed by atoms with Gasteiger partial charge in [0.15, 0.2) is 0 Å². The van der Waals surface area contributed by atoms with Crippen LogP contribution in [0.25, 0.3) is 0 Å². The van der Waals surface area contributed by atoms with Gasteiger partial charge in [-0.15, -0.1) is 0 Å². The fraction of sp³-hybridized carbons (Fsp3) is 0.610. The number of esters is 1. The zero-order chi connectivity index (χ0) is 35.0. The minimum atomic E-state index is -1.10. The van der Waals surface area contributed by atoms with Gasteiger partial charge in [0.25, 0.3) is 5.91 Å². The molecular weight excluding hydrogens is 602 g/mol. The Morgan fingerprint density at radius 3 is 1.96 bits per heavy atom.